The first-order valence-electron chi connectivity index (χ1n) is 7.78. The fourth-order valence-electron chi connectivity index (χ4n) is 2.31. The molecule has 2 aromatic rings. The van der Waals surface area contributed by atoms with Crippen molar-refractivity contribution >= 4 is 17.5 Å². The van der Waals surface area contributed by atoms with Crippen molar-refractivity contribution in [3.05, 3.63) is 64.7 Å². The maximum Gasteiger partial charge on any atom is 0.261 e. The molecule has 0 spiro atoms. The molecule has 0 aliphatic carbocycles. The lowest BCUT2D eigenvalue weighted by molar-refractivity contribution is -0.128. The van der Waals surface area contributed by atoms with E-state index in [1.54, 1.807) is 31.2 Å². The van der Waals surface area contributed by atoms with Gasteiger partial charge in [0.1, 0.15) is 5.75 Å². The third kappa shape index (κ3) is 5.00. The summed E-state index contributed by atoms with van der Waals surface area (Å²) in [6.45, 7) is 5.83. The van der Waals surface area contributed by atoms with Gasteiger partial charge >= 0.3 is 0 Å². The van der Waals surface area contributed by atoms with Gasteiger partial charge in [-0.2, -0.15) is 0 Å². The predicted octanol–water partition coefficient (Wildman–Crippen LogP) is 4.68. The second kappa shape index (κ2) is 8.02. The van der Waals surface area contributed by atoms with E-state index in [0.29, 0.717) is 10.8 Å². The lowest BCUT2D eigenvalue weighted by Crippen LogP contribution is -2.38. The minimum Gasteiger partial charge on any atom is -0.481 e. The summed E-state index contributed by atoms with van der Waals surface area (Å²) in [5.41, 5.74) is 2.30. The zero-order valence-electron chi connectivity index (χ0n) is 13.7. The molecule has 2 unspecified atom stereocenters. The van der Waals surface area contributed by atoms with Crippen molar-refractivity contribution in [3.63, 3.8) is 0 Å². The molecule has 1 amide bonds. The molecule has 0 fully saturated rings. The Hall–Kier alpha value is -2.00. The molecular formula is C19H22ClNO2. The summed E-state index contributed by atoms with van der Waals surface area (Å²) in [5, 5.41) is 3.62. The van der Waals surface area contributed by atoms with Crippen LogP contribution >= 0.6 is 11.6 Å². The Bertz CT molecular complexity index is 655. The van der Waals surface area contributed by atoms with Crippen LogP contribution < -0.4 is 10.1 Å². The standard InChI is InChI=1S/C19H22ClNO2/c1-4-18(15-10-8-13(2)9-11-15)21-19(22)14(3)23-17-7-5-6-16(20)12-17/h5-12,14,18H,4H2,1-3H3,(H,21,22). The van der Waals surface area contributed by atoms with Crippen molar-refractivity contribution in [2.24, 2.45) is 0 Å². The summed E-state index contributed by atoms with van der Waals surface area (Å²) in [6.07, 6.45) is 0.228. The van der Waals surface area contributed by atoms with Crippen molar-refractivity contribution in [1.29, 1.82) is 0 Å². The number of aryl methyl sites for hydroxylation is 1. The molecule has 23 heavy (non-hydrogen) atoms. The Morgan fingerprint density at radius 3 is 2.52 bits per heavy atom. The Morgan fingerprint density at radius 2 is 1.91 bits per heavy atom. The first kappa shape index (κ1) is 17.4. The van der Waals surface area contributed by atoms with Gasteiger partial charge in [0.25, 0.3) is 5.91 Å². The molecule has 0 saturated carbocycles. The number of ether oxygens (including phenoxy) is 1. The van der Waals surface area contributed by atoms with Gasteiger partial charge in [-0.25, -0.2) is 0 Å². The normalized spacial score (nSPS) is 13.2. The van der Waals surface area contributed by atoms with E-state index < -0.39 is 6.10 Å². The van der Waals surface area contributed by atoms with Crippen LogP contribution in [-0.4, -0.2) is 12.0 Å². The summed E-state index contributed by atoms with van der Waals surface area (Å²) in [6, 6.07) is 15.2. The number of carbonyl (C=O) groups is 1. The molecule has 0 saturated heterocycles. The molecule has 0 aliphatic heterocycles. The number of amides is 1. The minimum atomic E-state index is -0.590. The lowest BCUT2D eigenvalue weighted by Gasteiger charge is -2.21. The van der Waals surface area contributed by atoms with E-state index in [4.69, 9.17) is 16.3 Å². The quantitative estimate of drug-likeness (QED) is 0.834. The molecule has 2 rings (SSSR count). The van der Waals surface area contributed by atoms with Gasteiger partial charge in [-0.1, -0.05) is 54.4 Å². The van der Waals surface area contributed by atoms with Crippen molar-refractivity contribution in [2.75, 3.05) is 0 Å². The maximum absolute atomic E-state index is 12.4. The molecule has 3 nitrogen and oxygen atoms in total. The summed E-state index contributed by atoms with van der Waals surface area (Å²) < 4.78 is 5.66. The van der Waals surface area contributed by atoms with Gasteiger partial charge in [0, 0.05) is 5.02 Å². The van der Waals surface area contributed by atoms with Crippen LogP contribution in [0.25, 0.3) is 0 Å². The van der Waals surface area contributed by atoms with Gasteiger partial charge in [-0.15, -0.1) is 0 Å². The summed E-state index contributed by atoms with van der Waals surface area (Å²) in [5.74, 6) is 0.445. The molecule has 0 radical (unpaired) electrons. The Balaban J connectivity index is 1.99. The largest absolute Gasteiger partial charge is 0.481 e. The van der Waals surface area contributed by atoms with Crippen molar-refractivity contribution < 1.29 is 9.53 Å². The van der Waals surface area contributed by atoms with Crippen LogP contribution in [0.3, 0.4) is 0 Å². The average molecular weight is 332 g/mol. The molecule has 2 atom stereocenters. The van der Waals surface area contributed by atoms with Crippen LogP contribution in [0.2, 0.25) is 5.02 Å². The van der Waals surface area contributed by atoms with Gasteiger partial charge in [0.2, 0.25) is 0 Å². The Labute approximate surface area is 142 Å². The molecule has 2 aromatic carbocycles. The average Bonchev–Trinajstić information content (AvgIpc) is 2.53. The van der Waals surface area contributed by atoms with E-state index in [1.165, 1.54) is 5.56 Å². The van der Waals surface area contributed by atoms with Gasteiger partial charge in [0.05, 0.1) is 6.04 Å². The number of nitrogens with one attached hydrogen (secondary N) is 1. The van der Waals surface area contributed by atoms with E-state index >= 15 is 0 Å². The van der Waals surface area contributed by atoms with E-state index in [1.807, 2.05) is 26.0 Å². The molecule has 0 aromatic heterocycles. The highest BCUT2D eigenvalue weighted by Crippen LogP contribution is 2.20. The van der Waals surface area contributed by atoms with E-state index in [-0.39, 0.29) is 11.9 Å². The minimum absolute atomic E-state index is 0.0199. The fraction of sp³-hybridized carbons (Fsp3) is 0.316. The monoisotopic (exact) mass is 331 g/mol. The second-order valence-electron chi connectivity index (χ2n) is 5.60. The third-order valence-corrected chi connectivity index (χ3v) is 3.92. The molecule has 1 N–H and O–H groups in total. The van der Waals surface area contributed by atoms with Crippen molar-refractivity contribution in [2.45, 2.75) is 39.3 Å². The zero-order valence-corrected chi connectivity index (χ0v) is 14.4. The van der Waals surface area contributed by atoms with E-state index in [0.717, 1.165) is 12.0 Å². The van der Waals surface area contributed by atoms with Crippen LogP contribution in [0.5, 0.6) is 5.75 Å². The number of hydrogen-bond donors (Lipinski definition) is 1. The van der Waals surface area contributed by atoms with E-state index in [2.05, 4.69) is 17.4 Å². The van der Waals surface area contributed by atoms with Crippen molar-refractivity contribution in [1.82, 2.24) is 5.32 Å². The topological polar surface area (TPSA) is 38.3 Å². The zero-order chi connectivity index (χ0) is 16.8. The molecule has 0 aliphatic rings. The molecule has 0 heterocycles. The molecule has 4 heteroatoms. The van der Waals surface area contributed by atoms with Gasteiger partial charge < -0.3 is 10.1 Å². The highest BCUT2D eigenvalue weighted by molar-refractivity contribution is 6.30. The summed E-state index contributed by atoms with van der Waals surface area (Å²) >= 11 is 5.93. The van der Waals surface area contributed by atoms with E-state index in [9.17, 15) is 4.79 Å². The highest BCUT2D eigenvalue weighted by Gasteiger charge is 2.19. The number of hydrogen-bond acceptors (Lipinski definition) is 2. The SMILES string of the molecule is CCC(NC(=O)C(C)Oc1cccc(Cl)c1)c1ccc(C)cc1. The molecular weight excluding hydrogens is 310 g/mol. The van der Waals surface area contributed by atoms with Gasteiger partial charge in [0.15, 0.2) is 6.10 Å². The summed E-state index contributed by atoms with van der Waals surface area (Å²) in [7, 11) is 0. The second-order valence-corrected chi connectivity index (χ2v) is 6.03. The smallest absolute Gasteiger partial charge is 0.261 e. The lowest BCUT2D eigenvalue weighted by atomic mass is 10.0. The predicted molar refractivity (Wildman–Crippen MR) is 93.9 cm³/mol. The Kier molecular flexibility index (Phi) is 6.05. The number of benzene rings is 2. The highest BCUT2D eigenvalue weighted by atomic mass is 35.5. The first-order chi connectivity index (χ1) is 11.0. The summed E-state index contributed by atoms with van der Waals surface area (Å²) in [4.78, 5) is 12.4. The fourth-order valence-corrected chi connectivity index (χ4v) is 2.49. The Morgan fingerprint density at radius 1 is 1.22 bits per heavy atom. The molecule has 122 valence electrons. The van der Waals surface area contributed by atoms with Crippen LogP contribution in [0.15, 0.2) is 48.5 Å². The molecule has 0 bridgehead atoms. The van der Waals surface area contributed by atoms with Crippen LogP contribution in [0.4, 0.5) is 0 Å². The van der Waals surface area contributed by atoms with Crippen molar-refractivity contribution in [3.8, 4) is 5.75 Å². The van der Waals surface area contributed by atoms with Crippen LogP contribution in [0, 0.1) is 6.92 Å². The van der Waals surface area contributed by atoms with Crippen LogP contribution in [-0.2, 0) is 4.79 Å². The van der Waals surface area contributed by atoms with Crippen LogP contribution in [0.1, 0.15) is 37.4 Å². The third-order valence-electron chi connectivity index (χ3n) is 3.68. The number of carbonyl (C=O) groups excluding carboxylic acids is 1. The number of halogens is 1. The van der Waals surface area contributed by atoms with Gasteiger partial charge in [-0.05, 0) is 44.0 Å². The maximum atomic E-state index is 12.4. The first-order valence-corrected chi connectivity index (χ1v) is 8.16. The van der Waals surface area contributed by atoms with Gasteiger partial charge in [-0.3, -0.25) is 4.79 Å². The number of rotatable bonds is 6.